The zero-order valence-electron chi connectivity index (χ0n) is 12.1. The van der Waals surface area contributed by atoms with Crippen molar-refractivity contribution >= 4 is 17.3 Å². The fourth-order valence-corrected chi connectivity index (χ4v) is 1.78. The smallest absolute Gasteiger partial charge is 0.262 e. The third-order valence-corrected chi connectivity index (χ3v) is 2.90. The lowest BCUT2D eigenvalue weighted by molar-refractivity contribution is -0.118. The molecule has 0 aliphatic carbocycles. The van der Waals surface area contributed by atoms with Crippen LogP contribution in [0.1, 0.15) is 5.56 Å². The van der Waals surface area contributed by atoms with Crippen LogP contribution in [0.25, 0.3) is 0 Å². The van der Waals surface area contributed by atoms with E-state index < -0.39 is 0 Å². The number of benzene rings is 2. The second-order valence-electron chi connectivity index (χ2n) is 4.61. The van der Waals surface area contributed by atoms with Crippen molar-refractivity contribution in [2.75, 3.05) is 24.8 Å². The number of nitrogens with two attached hydrogens (primary N) is 1. The number of methoxy groups -OCH3 is 1. The average Bonchev–Trinajstić information content (AvgIpc) is 2.49. The number of hydrogen-bond donors (Lipinski definition) is 2. The van der Waals surface area contributed by atoms with E-state index in [-0.39, 0.29) is 12.5 Å². The van der Waals surface area contributed by atoms with Gasteiger partial charge in [0.25, 0.3) is 5.91 Å². The van der Waals surface area contributed by atoms with Crippen LogP contribution < -0.4 is 20.5 Å². The van der Waals surface area contributed by atoms with E-state index in [1.54, 1.807) is 43.5 Å². The van der Waals surface area contributed by atoms with Crippen molar-refractivity contribution in [3.05, 3.63) is 48.0 Å². The Kier molecular flexibility index (Phi) is 4.66. The second-order valence-corrected chi connectivity index (χ2v) is 4.61. The molecule has 5 nitrogen and oxygen atoms in total. The lowest BCUT2D eigenvalue weighted by Gasteiger charge is -2.10. The minimum absolute atomic E-state index is 0.0975. The van der Waals surface area contributed by atoms with Gasteiger partial charge < -0.3 is 20.5 Å². The lowest BCUT2D eigenvalue weighted by Crippen LogP contribution is -2.20. The summed E-state index contributed by atoms with van der Waals surface area (Å²) >= 11 is 0. The van der Waals surface area contributed by atoms with Gasteiger partial charge in [0.05, 0.1) is 12.8 Å². The highest BCUT2D eigenvalue weighted by molar-refractivity contribution is 5.92. The van der Waals surface area contributed by atoms with Crippen LogP contribution >= 0.6 is 0 Å². The maximum atomic E-state index is 11.8. The summed E-state index contributed by atoms with van der Waals surface area (Å²) in [6.45, 7) is 1.84. The summed E-state index contributed by atoms with van der Waals surface area (Å²) in [5.41, 5.74) is 8.01. The average molecular weight is 286 g/mol. The summed E-state index contributed by atoms with van der Waals surface area (Å²) in [7, 11) is 1.59. The molecule has 0 saturated carbocycles. The minimum atomic E-state index is -0.249. The van der Waals surface area contributed by atoms with Crippen LogP contribution in [-0.4, -0.2) is 19.6 Å². The van der Waals surface area contributed by atoms with Crippen LogP contribution in [0.5, 0.6) is 11.5 Å². The van der Waals surface area contributed by atoms with Crippen molar-refractivity contribution in [1.82, 2.24) is 0 Å². The second kappa shape index (κ2) is 6.65. The third-order valence-electron chi connectivity index (χ3n) is 2.90. The molecule has 2 aromatic rings. The van der Waals surface area contributed by atoms with E-state index in [0.717, 1.165) is 11.3 Å². The molecule has 21 heavy (non-hydrogen) atoms. The predicted octanol–water partition coefficient (Wildman–Crippen LogP) is 2.60. The Balaban J connectivity index is 1.91. The van der Waals surface area contributed by atoms with Gasteiger partial charge in [0.2, 0.25) is 0 Å². The number of hydrogen-bond acceptors (Lipinski definition) is 4. The molecule has 1 amide bonds. The van der Waals surface area contributed by atoms with E-state index >= 15 is 0 Å². The van der Waals surface area contributed by atoms with Gasteiger partial charge in [-0.15, -0.1) is 0 Å². The van der Waals surface area contributed by atoms with Gasteiger partial charge in [-0.1, -0.05) is 6.07 Å². The lowest BCUT2D eigenvalue weighted by atomic mass is 10.2. The van der Waals surface area contributed by atoms with Crippen LogP contribution in [-0.2, 0) is 4.79 Å². The summed E-state index contributed by atoms with van der Waals surface area (Å²) in [6, 6.07) is 12.5. The Morgan fingerprint density at radius 3 is 2.57 bits per heavy atom. The van der Waals surface area contributed by atoms with Crippen molar-refractivity contribution in [3.63, 3.8) is 0 Å². The highest BCUT2D eigenvalue weighted by Crippen LogP contribution is 2.22. The van der Waals surface area contributed by atoms with Gasteiger partial charge in [-0.25, -0.2) is 0 Å². The largest absolute Gasteiger partial charge is 0.497 e. The van der Waals surface area contributed by atoms with Gasteiger partial charge in [-0.2, -0.15) is 0 Å². The van der Waals surface area contributed by atoms with Crippen molar-refractivity contribution in [2.45, 2.75) is 6.92 Å². The zero-order valence-corrected chi connectivity index (χ0v) is 12.1. The number of carbonyl (C=O) groups is 1. The molecule has 2 aromatic carbocycles. The summed E-state index contributed by atoms with van der Waals surface area (Å²) in [5, 5.41) is 2.74. The monoisotopic (exact) mass is 286 g/mol. The first-order valence-corrected chi connectivity index (χ1v) is 6.51. The van der Waals surface area contributed by atoms with Crippen LogP contribution in [0.15, 0.2) is 42.5 Å². The molecule has 0 heterocycles. The highest BCUT2D eigenvalue weighted by atomic mass is 16.5. The predicted molar refractivity (Wildman–Crippen MR) is 82.7 cm³/mol. The molecule has 0 radical (unpaired) electrons. The minimum Gasteiger partial charge on any atom is -0.497 e. The van der Waals surface area contributed by atoms with Crippen molar-refractivity contribution in [2.24, 2.45) is 0 Å². The maximum absolute atomic E-state index is 11.8. The van der Waals surface area contributed by atoms with Crippen LogP contribution in [0.3, 0.4) is 0 Å². The first-order chi connectivity index (χ1) is 10.1. The number of aryl methyl sites for hydroxylation is 1. The standard InChI is InChI=1S/C16H18N2O3/c1-11-3-8-14(17)15(9-11)21-10-16(19)18-12-4-6-13(20-2)7-5-12/h3-9H,10,17H2,1-2H3,(H,18,19). The van der Waals surface area contributed by atoms with Gasteiger partial charge in [-0.3, -0.25) is 4.79 Å². The fraction of sp³-hybridized carbons (Fsp3) is 0.188. The van der Waals surface area contributed by atoms with Gasteiger partial charge >= 0.3 is 0 Å². The molecule has 0 aliphatic rings. The van der Waals surface area contributed by atoms with Crippen LogP contribution in [0.2, 0.25) is 0 Å². The first kappa shape index (κ1) is 14.7. The zero-order chi connectivity index (χ0) is 15.2. The Hall–Kier alpha value is -2.69. The number of anilines is 2. The van der Waals surface area contributed by atoms with Crippen LogP contribution in [0.4, 0.5) is 11.4 Å². The molecule has 0 unspecified atom stereocenters. The fourth-order valence-electron chi connectivity index (χ4n) is 1.78. The topological polar surface area (TPSA) is 73.6 Å². The van der Waals surface area contributed by atoms with Crippen molar-refractivity contribution in [1.29, 1.82) is 0 Å². The van der Waals surface area contributed by atoms with E-state index in [0.29, 0.717) is 17.1 Å². The summed E-state index contributed by atoms with van der Waals surface area (Å²) < 4.78 is 10.5. The Morgan fingerprint density at radius 2 is 1.90 bits per heavy atom. The Labute approximate surface area is 123 Å². The highest BCUT2D eigenvalue weighted by Gasteiger charge is 2.06. The summed E-state index contributed by atoms with van der Waals surface area (Å²) in [5.74, 6) is 0.998. The summed E-state index contributed by atoms with van der Waals surface area (Å²) in [4.78, 5) is 11.8. The molecule has 0 bridgehead atoms. The van der Waals surface area contributed by atoms with Gasteiger partial charge in [0.15, 0.2) is 6.61 Å². The maximum Gasteiger partial charge on any atom is 0.262 e. The van der Waals surface area contributed by atoms with E-state index in [2.05, 4.69) is 5.32 Å². The van der Waals surface area contributed by atoms with E-state index in [4.69, 9.17) is 15.2 Å². The molecule has 2 rings (SSSR count). The quantitative estimate of drug-likeness (QED) is 0.829. The summed E-state index contributed by atoms with van der Waals surface area (Å²) in [6.07, 6.45) is 0. The molecule has 0 fully saturated rings. The van der Waals surface area contributed by atoms with Gasteiger partial charge in [0.1, 0.15) is 11.5 Å². The molecular formula is C16H18N2O3. The van der Waals surface area contributed by atoms with E-state index in [1.165, 1.54) is 0 Å². The van der Waals surface area contributed by atoms with Crippen LogP contribution in [0, 0.1) is 6.92 Å². The third kappa shape index (κ3) is 4.14. The molecule has 0 saturated heterocycles. The molecule has 110 valence electrons. The first-order valence-electron chi connectivity index (χ1n) is 6.51. The molecule has 0 atom stereocenters. The molecule has 0 aromatic heterocycles. The van der Waals surface area contributed by atoms with Gasteiger partial charge in [0, 0.05) is 5.69 Å². The Bertz CT molecular complexity index is 624. The van der Waals surface area contributed by atoms with E-state index in [9.17, 15) is 4.79 Å². The van der Waals surface area contributed by atoms with Crippen molar-refractivity contribution < 1.29 is 14.3 Å². The Morgan fingerprint density at radius 1 is 1.19 bits per heavy atom. The normalized spacial score (nSPS) is 10.0. The molecule has 5 heteroatoms. The number of rotatable bonds is 5. The van der Waals surface area contributed by atoms with E-state index in [1.807, 2.05) is 13.0 Å². The molecule has 3 N–H and O–H groups in total. The number of nitrogens with one attached hydrogen (secondary N) is 1. The number of nitrogen functional groups attached to an aromatic ring is 1. The molecular weight excluding hydrogens is 268 g/mol. The number of amides is 1. The van der Waals surface area contributed by atoms with Crippen molar-refractivity contribution in [3.8, 4) is 11.5 Å². The molecule has 0 aliphatic heterocycles. The number of carbonyl (C=O) groups excluding carboxylic acids is 1. The number of ether oxygens (including phenoxy) is 2. The van der Waals surface area contributed by atoms with Gasteiger partial charge in [-0.05, 0) is 48.9 Å². The SMILES string of the molecule is COc1ccc(NC(=O)COc2cc(C)ccc2N)cc1. The molecule has 0 spiro atoms.